The van der Waals surface area contributed by atoms with Crippen LogP contribution in [0.5, 0.6) is 11.5 Å². The van der Waals surface area contributed by atoms with Crippen LogP contribution in [0, 0.1) is 6.92 Å². The number of hydrogen-bond donors (Lipinski definition) is 0. The number of aryl methyl sites for hydroxylation is 1. The van der Waals surface area contributed by atoms with Gasteiger partial charge in [0.05, 0.1) is 20.8 Å². The van der Waals surface area contributed by atoms with Gasteiger partial charge in [-0.15, -0.1) is 11.3 Å². The third-order valence-electron chi connectivity index (χ3n) is 4.06. The maximum absolute atomic E-state index is 12.8. The van der Waals surface area contributed by atoms with Crippen molar-refractivity contribution in [3.05, 3.63) is 53.2 Å². The number of benzene rings is 1. The second-order valence-electron chi connectivity index (χ2n) is 5.59. The van der Waals surface area contributed by atoms with E-state index in [1.807, 2.05) is 61.1 Å². The number of aromatic nitrogens is 1. The van der Waals surface area contributed by atoms with Gasteiger partial charge in [-0.2, -0.15) is 0 Å². The van der Waals surface area contributed by atoms with Crippen molar-refractivity contribution in [3.63, 3.8) is 0 Å². The van der Waals surface area contributed by atoms with Gasteiger partial charge in [0.25, 0.3) is 0 Å². The highest BCUT2D eigenvalue weighted by atomic mass is 32.1. The van der Waals surface area contributed by atoms with Gasteiger partial charge >= 0.3 is 5.97 Å². The molecule has 0 atom stereocenters. The van der Waals surface area contributed by atoms with E-state index in [-0.39, 0.29) is 5.97 Å². The number of methoxy groups -OCH3 is 2. The van der Waals surface area contributed by atoms with E-state index < -0.39 is 0 Å². The van der Waals surface area contributed by atoms with Crippen molar-refractivity contribution in [3.8, 4) is 27.6 Å². The molecule has 0 aliphatic carbocycles. The molecular formula is C20H21NO4S. The summed E-state index contributed by atoms with van der Waals surface area (Å²) in [6.45, 7) is 4.14. The SMILES string of the molecule is CCOC(=O)c1c(-n2cccc2)sc(C)c1-c1ccc(OC)c(OC)c1. The molecular weight excluding hydrogens is 350 g/mol. The first kappa shape index (κ1) is 18.1. The predicted octanol–water partition coefficient (Wildman–Crippen LogP) is 4.71. The molecule has 0 unspecified atom stereocenters. The van der Waals surface area contributed by atoms with Gasteiger partial charge in [0.15, 0.2) is 11.5 Å². The van der Waals surface area contributed by atoms with E-state index >= 15 is 0 Å². The van der Waals surface area contributed by atoms with Crippen LogP contribution in [-0.2, 0) is 4.74 Å². The summed E-state index contributed by atoms with van der Waals surface area (Å²) in [6, 6.07) is 9.52. The zero-order valence-corrected chi connectivity index (χ0v) is 16.1. The lowest BCUT2D eigenvalue weighted by atomic mass is 10.0. The van der Waals surface area contributed by atoms with Crippen LogP contribution in [-0.4, -0.2) is 31.4 Å². The number of esters is 1. The Kier molecular flexibility index (Phi) is 5.32. The predicted molar refractivity (Wildman–Crippen MR) is 103 cm³/mol. The molecule has 0 saturated carbocycles. The topological polar surface area (TPSA) is 49.7 Å². The fourth-order valence-electron chi connectivity index (χ4n) is 2.91. The van der Waals surface area contributed by atoms with E-state index in [0.29, 0.717) is 23.7 Å². The van der Waals surface area contributed by atoms with Crippen molar-refractivity contribution in [2.45, 2.75) is 13.8 Å². The second-order valence-corrected chi connectivity index (χ2v) is 6.80. The van der Waals surface area contributed by atoms with Crippen LogP contribution in [0.4, 0.5) is 0 Å². The molecule has 5 nitrogen and oxygen atoms in total. The molecule has 1 aromatic carbocycles. The van der Waals surface area contributed by atoms with Gasteiger partial charge in [-0.1, -0.05) is 6.07 Å². The van der Waals surface area contributed by atoms with E-state index in [9.17, 15) is 4.79 Å². The van der Waals surface area contributed by atoms with Crippen molar-refractivity contribution in [2.24, 2.45) is 0 Å². The lowest BCUT2D eigenvalue weighted by Crippen LogP contribution is -2.08. The molecule has 26 heavy (non-hydrogen) atoms. The molecule has 0 radical (unpaired) electrons. The number of carbonyl (C=O) groups is 1. The largest absolute Gasteiger partial charge is 0.493 e. The average molecular weight is 371 g/mol. The van der Waals surface area contributed by atoms with Gasteiger partial charge in [-0.25, -0.2) is 4.79 Å². The fourth-order valence-corrected chi connectivity index (χ4v) is 4.04. The Hall–Kier alpha value is -2.73. The summed E-state index contributed by atoms with van der Waals surface area (Å²) in [4.78, 5) is 13.8. The van der Waals surface area contributed by atoms with Crippen LogP contribution >= 0.6 is 11.3 Å². The summed E-state index contributed by atoms with van der Waals surface area (Å²) in [5, 5.41) is 0.843. The fraction of sp³-hybridized carbons (Fsp3) is 0.250. The summed E-state index contributed by atoms with van der Waals surface area (Å²) >= 11 is 1.56. The minimum atomic E-state index is -0.328. The van der Waals surface area contributed by atoms with Crippen molar-refractivity contribution in [2.75, 3.05) is 20.8 Å². The van der Waals surface area contributed by atoms with Gasteiger partial charge in [-0.3, -0.25) is 0 Å². The van der Waals surface area contributed by atoms with E-state index in [2.05, 4.69) is 0 Å². The van der Waals surface area contributed by atoms with Crippen LogP contribution in [0.3, 0.4) is 0 Å². The molecule has 0 N–H and O–H groups in total. The van der Waals surface area contributed by atoms with Crippen LogP contribution in [0.25, 0.3) is 16.1 Å². The highest BCUT2D eigenvalue weighted by Crippen LogP contribution is 2.41. The standard InChI is InChI=1S/C20H21NO4S/c1-5-25-20(22)18-17(13(2)26-19(18)21-10-6-7-11-21)14-8-9-15(23-3)16(12-14)24-4/h6-12H,5H2,1-4H3. The monoisotopic (exact) mass is 371 g/mol. The van der Waals surface area contributed by atoms with Crippen molar-refractivity contribution < 1.29 is 19.0 Å². The maximum atomic E-state index is 12.8. The summed E-state index contributed by atoms with van der Waals surface area (Å²) in [6.07, 6.45) is 3.85. The molecule has 0 saturated heterocycles. The zero-order chi connectivity index (χ0) is 18.7. The number of hydrogen-bond acceptors (Lipinski definition) is 5. The summed E-state index contributed by atoms with van der Waals surface area (Å²) in [5.41, 5.74) is 2.31. The Morgan fingerprint density at radius 2 is 1.81 bits per heavy atom. The minimum absolute atomic E-state index is 0.324. The highest BCUT2D eigenvalue weighted by molar-refractivity contribution is 7.15. The highest BCUT2D eigenvalue weighted by Gasteiger charge is 2.25. The summed E-state index contributed by atoms with van der Waals surface area (Å²) in [7, 11) is 3.20. The van der Waals surface area contributed by atoms with Gasteiger partial charge in [-0.05, 0) is 43.7 Å². The maximum Gasteiger partial charge on any atom is 0.341 e. The van der Waals surface area contributed by atoms with Gasteiger partial charge < -0.3 is 18.8 Å². The molecule has 6 heteroatoms. The third kappa shape index (κ3) is 3.20. The molecule has 0 bridgehead atoms. The van der Waals surface area contributed by atoms with Crippen molar-refractivity contribution in [1.29, 1.82) is 0 Å². The number of rotatable bonds is 6. The Bertz CT molecular complexity index is 912. The molecule has 0 spiro atoms. The van der Waals surface area contributed by atoms with Crippen molar-refractivity contribution >= 4 is 17.3 Å². The lowest BCUT2D eigenvalue weighted by Gasteiger charge is -2.12. The average Bonchev–Trinajstić information content (AvgIpc) is 3.28. The van der Waals surface area contributed by atoms with E-state index in [1.54, 1.807) is 25.6 Å². The van der Waals surface area contributed by atoms with Crippen LogP contribution in [0.2, 0.25) is 0 Å². The van der Waals surface area contributed by atoms with E-state index in [0.717, 1.165) is 21.0 Å². The van der Waals surface area contributed by atoms with Crippen LogP contribution < -0.4 is 9.47 Å². The molecule has 3 aromatic rings. The van der Waals surface area contributed by atoms with Crippen LogP contribution in [0.1, 0.15) is 22.2 Å². The van der Waals surface area contributed by atoms with Gasteiger partial charge in [0.2, 0.25) is 0 Å². The zero-order valence-electron chi connectivity index (χ0n) is 15.2. The third-order valence-corrected chi connectivity index (χ3v) is 5.18. The van der Waals surface area contributed by atoms with Gasteiger partial charge in [0.1, 0.15) is 10.6 Å². The number of thiophene rings is 1. The van der Waals surface area contributed by atoms with E-state index in [4.69, 9.17) is 14.2 Å². The first-order valence-electron chi connectivity index (χ1n) is 8.27. The first-order valence-corrected chi connectivity index (χ1v) is 9.08. The van der Waals surface area contributed by atoms with E-state index in [1.165, 1.54) is 0 Å². The smallest absolute Gasteiger partial charge is 0.341 e. The first-order chi connectivity index (χ1) is 12.6. The number of carbonyl (C=O) groups excluding carboxylic acids is 1. The second kappa shape index (κ2) is 7.66. The molecule has 0 aliphatic rings. The molecule has 3 rings (SSSR count). The van der Waals surface area contributed by atoms with Crippen molar-refractivity contribution in [1.82, 2.24) is 4.57 Å². The Morgan fingerprint density at radius 3 is 2.42 bits per heavy atom. The Labute approximate surface area is 156 Å². The molecule has 2 heterocycles. The van der Waals surface area contributed by atoms with Gasteiger partial charge in [0, 0.05) is 22.8 Å². The summed E-state index contributed by atoms with van der Waals surface area (Å²) in [5.74, 6) is 0.936. The lowest BCUT2D eigenvalue weighted by molar-refractivity contribution is 0.0528. The molecule has 2 aromatic heterocycles. The van der Waals surface area contributed by atoms with Crippen LogP contribution in [0.15, 0.2) is 42.7 Å². The molecule has 136 valence electrons. The molecule has 0 aliphatic heterocycles. The molecule has 0 amide bonds. The summed E-state index contributed by atoms with van der Waals surface area (Å²) < 4.78 is 18.0. The Balaban J connectivity index is 2.22. The normalized spacial score (nSPS) is 10.6. The quantitative estimate of drug-likeness (QED) is 0.589. The minimum Gasteiger partial charge on any atom is -0.493 e. The Morgan fingerprint density at radius 1 is 1.12 bits per heavy atom. The molecule has 0 fully saturated rings. The number of nitrogens with zero attached hydrogens (tertiary/aromatic N) is 1. The number of ether oxygens (including phenoxy) is 3.